The number of carbonyl (C=O) groups excluding carboxylic acids is 1. The van der Waals surface area contributed by atoms with Crippen molar-refractivity contribution in [3.63, 3.8) is 0 Å². The average Bonchev–Trinajstić information content (AvgIpc) is 2.33. The maximum absolute atomic E-state index is 11.7. The van der Waals surface area contributed by atoms with Crippen molar-refractivity contribution < 1.29 is 14.7 Å². The number of rotatable bonds is 10. The quantitative estimate of drug-likeness (QED) is 0.331. The van der Waals surface area contributed by atoms with Gasteiger partial charge in [0, 0.05) is 5.75 Å². The Morgan fingerprint density at radius 2 is 2.06 bits per heavy atom. The lowest BCUT2D eigenvalue weighted by Crippen LogP contribution is -2.49. The zero-order valence-corrected chi connectivity index (χ0v) is 12.1. The number of amides is 1. The minimum atomic E-state index is -1.04. The number of hydrogen-bond acceptors (Lipinski definition) is 6. The van der Waals surface area contributed by atoms with Gasteiger partial charge in [-0.2, -0.15) is 0 Å². The second-order valence-corrected chi connectivity index (χ2v) is 6.35. The highest BCUT2D eigenvalue weighted by Gasteiger charge is 2.22. The molecule has 0 spiro atoms. The van der Waals surface area contributed by atoms with E-state index in [0.717, 1.165) is 12.8 Å². The first-order chi connectivity index (χ1) is 8.52. The second-order valence-electron chi connectivity index (χ2n) is 3.74. The van der Waals surface area contributed by atoms with Crippen molar-refractivity contribution in [2.24, 2.45) is 11.5 Å². The Labute approximate surface area is 115 Å². The molecule has 0 rings (SSSR count). The van der Waals surface area contributed by atoms with Gasteiger partial charge in [-0.05, 0) is 25.6 Å². The fraction of sp³-hybridized carbons (Fsp3) is 0.800. The van der Waals surface area contributed by atoms with Crippen LogP contribution in [0.3, 0.4) is 0 Å². The van der Waals surface area contributed by atoms with E-state index in [1.165, 1.54) is 21.6 Å². The fourth-order valence-corrected chi connectivity index (χ4v) is 2.54. The van der Waals surface area contributed by atoms with Gasteiger partial charge in [-0.15, -0.1) is 0 Å². The Kier molecular flexibility index (Phi) is 10.2. The number of carboxylic acid groups (broad SMARTS) is 1. The molecule has 2 atom stereocenters. The number of unbranched alkanes of at least 4 members (excludes halogenated alkanes) is 1. The molecular weight excluding hydrogens is 274 g/mol. The summed E-state index contributed by atoms with van der Waals surface area (Å²) >= 11 is 0. The predicted molar refractivity (Wildman–Crippen MR) is 76.4 cm³/mol. The molecule has 0 radical (unpaired) electrons. The van der Waals surface area contributed by atoms with Crippen LogP contribution in [-0.2, 0) is 9.59 Å². The zero-order chi connectivity index (χ0) is 14.0. The zero-order valence-electron chi connectivity index (χ0n) is 10.4. The minimum absolute atomic E-state index is 0.317. The van der Waals surface area contributed by atoms with Gasteiger partial charge in [-0.3, -0.25) is 4.79 Å². The summed E-state index contributed by atoms with van der Waals surface area (Å²) in [4.78, 5) is 22.6. The number of nitrogens with two attached hydrogens (primary N) is 2. The van der Waals surface area contributed by atoms with Gasteiger partial charge < -0.3 is 21.9 Å². The molecule has 0 fully saturated rings. The third-order valence-electron chi connectivity index (χ3n) is 2.27. The first kappa shape index (κ1) is 17.6. The smallest absolute Gasteiger partial charge is 0.327 e. The van der Waals surface area contributed by atoms with Crippen LogP contribution < -0.4 is 16.8 Å². The van der Waals surface area contributed by atoms with Gasteiger partial charge in [-0.1, -0.05) is 28.0 Å². The topological polar surface area (TPSA) is 118 Å². The molecule has 106 valence electrons. The second kappa shape index (κ2) is 10.5. The third-order valence-corrected chi connectivity index (χ3v) is 4.09. The van der Waals surface area contributed by atoms with Gasteiger partial charge in [0.15, 0.2) is 0 Å². The molecule has 1 unspecified atom stereocenters. The summed E-state index contributed by atoms with van der Waals surface area (Å²) in [7, 11) is 2.84. The summed E-state index contributed by atoms with van der Waals surface area (Å²) in [5.41, 5.74) is 11.0. The van der Waals surface area contributed by atoms with Crippen molar-refractivity contribution in [3.05, 3.63) is 0 Å². The molecule has 6 N–H and O–H groups in total. The van der Waals surface area contributed by atoms with Crippen molar-refractivity contribution in [2.45, 2.75) is 31.3 Å². The number of nitrogens with one attached hydrogen (secondary N) is 1. The molecule has 0 aliphatic heterocycles. The van der Waals surface area contributed by atoms with Crippen LogP contribution in [-0.4, -0.2) is 47.6 Å². The van der Waals surface area contributed by atoms with Crippen LogP contribution in [0.15, 0.2) is 0 Å². The van der Waals surface area contributed by atoms with E-state index in [1.807, 2.05) is 6.26 Å². The molecule has 0 aliphatic carbocycles. The van der Waals surface area contributed by atoms with Gasteiger partial charge in [0.05, 0.1) is 6.04 Å². The molecule has 0 aromatic rings. The molecule has 0 aromatic carbocycles. The van der Waals surface area contributed by atoms with E-state index in [4.69, 9.17) is 16.6 Å². The highest BCUT2D eigenvalue weighted by molar-refractivity contribution is 8.76. The summed E-state index contributed by atoms with van der Waals surface area (Å²) in [6.45, 7) is 0.566. The average molecular weight is 295 g/mol. The SMILES string of the molecule is CSSC[C@H](NC(=O)C(N)CCCCN)C(=O)O. The number of carbonyl (C=O) groups is 2. The van der Waals surface area contributed by atoms with E-state index in [2.05, 4.69) is 5.32 Å². The molecule has 6 nitrogen and oxygen atoms in total. The van der Waals surface area contributed by atoms with Crippen LogP contribution in [0.2, 0.25) is 0 Å². The molecule has 0 saturated carbocycles. The Morgan fingerprint density at radius 1 is 1.39 bits per heavy atom. The van der Waals surface area contributed by atoms with Crippen molar-refractivity contribution in [3.8, 4) is 0 Å². The van der Waals surface area contributed by atoms with Crippen LogP contribution in [0, 0.1) is 0 Å². The Hall–Kier alpha value is -0.440. The first-order valence-corrected chi connectivity index (χ1v) is 8.40. The lowest BCUT2D eigenvalue weighted by molar-refractivity contribution is -0.141. The van der Waals surface area contributed by atoms with E-state index >= 15 is 0 Å². The van der Waals surface area contributed by atoms with Crippen LogP contribution in [0.1, 0.15) is 19.3 Å². The van der Waals surface area contributed by atoms with E-state index < -0.39 is 24.0 Å². The van der Waals surface area contributed by atoms with Gasteiger partial charge >= 0.3 is 5.97 Å². The molecule has 1 amide bonds. The van der Waals surface area contributed by atoms with Gasteiger partial charge in [0.2, 0.25) is 5.91 Å². The Morgan fingerprint density at radius 3 is 2.56 bits per heavy atom. The lowest BCUT2D eigenvalue weighted by Gasteiger charge is -2.17. The molecule has 0 heterocycles. The largest absolute Gasteiger partial charge is 0.480 e. The number of hydrogen-bond donors (Lipinski definition) is 4. The van der Waals surface area contributed by atoms with Crippen molar-refractivity contribution in [2.75, 3.05) is 18.6 Å². The van der Waals surface area contributed by atoms with Crippen molar-refractivity contribution >= 4 is 33.5 Å². The lowest BCUT2D eigenvalue weighted by atomic mass is 10.1. The van der Waals surface area contributed by atoms with E-state index in [9.17, 15) is 9.59 Å². The number of aliphatic carboxylic acids is 1. The highest BCUT2D eigenvalue weighted by atomic mass is 33.1. The predicted octanol–water partition coefficient (Wildman–Crippen LogP) is 0.0233. The monoisotopic (exact) mass is 295 g/mol. The first-order valence-electron chi connectivity index (χ1n) is 5.67. The maximum Gasteiger partial charge on any atom is 0.327 e. The van der Waals surface area contributed by atoms with E-state index in [0.29, 0.717) is 18.7 Å². The summed E-state index contributed by atoms with van der Waals surface area (Å²) in [6.07, 6.45) is 3.95. The minimum Gasteiger partial charge on any atom is -0.480 e. The molecule has 0 aromatic heterocycles. The highest BCUT2D eigenvalue weighted by Crippen LogP contribution is 2.17. The maximum atomic E-state index is 11.7. The fourth-order valence-electron chi connectivity index (χ4n) is 1.23. The molecule has 0 aliphatic rings. The van der Waals surface area contributed by atoms with Crippen LogP contribution in [0.25, 0.3) is 0 Å². The van der Waals surface area contributed by atoms with Gasteiger partial charge in [-0.25, -0.2) is 4.79 Å². The normalized spacial score (nSPS) is 13.9. The van der Waals surface area contributed by atoms with E-state index in [-0.39, 0.29) is 0 Å². The molecule has 8 heteroatoms. The standard InChI is InChI=1S/C10H21N3O3S2/c1-17-18-6-8(10(15)16)13-9(14)7(12)4-2-3-5-11/h7-8H,2-6,11-12H2,1H3,(H,13,14)(H,15,16)/t7?,8-/m0/s1. The Balaban J connectivity index is 4.10. The summed E-state index contributed by atoms with van der Waals surface area (Å²) in [5, 5.41) is 11.4. The summed E-state index contributed by atoms with van der Waals surface area (Å²) in [5.74, 6) is -1.14. The van der Waals surface area contributed by atoms with Crippen LogP contribution in [0.4, 0.5) is 0 Å². The van der Waals surface area contributed by atoms with Crippen molar-refractivity contribution in [1.82, 2.24) is 5.32 Å². The molecule has 0 saturated heterocycles. The van der Waals surface area contributed by atoms with Crippen LogP contribution >= 0.6 is 21.6 Å². The van der Waals surface area contributed by atoms with Crippen LogP contribution in [0.5, 0.6) is 0 Å². The molecule has 0 bridgehead atoms. The number of carboxylic acids is 1. The molecule has 18 heavy (non-hydrogen) atoms. The summed E-state index contributed by atoms with van der Waals surface area (Å²) in [6, 6.07) is -1.56. The molecular formula is C10H21N3O3S2. The van der Waals surface area contributed by atoms with Gasteiger partial charge in [0.25, 0.3) is 0 Å². The third kappa shape index (κ3) is 7.80. The van der Waals surface area contributed by atoms with E-state index in [1.54, 1.807) is 0 Å². The van der Waals surface area contributed by atoms with Gasteiger partial charge in [0.1, 0.15) is 6.04 Å². The van der Waals surface area contributed by atoms with Crippen molar-refractivity contribution in [1.29, 1.82) is 0 Å². The summed E-state index contributed by atoms with van der Waals surface area (Å²) < 4.78 is 0. The Bertz CT molecular complexity index is 267.